The minimum Gasteiger partial charge on any atom is -0.325 e. The summed E-state index contributed by atoms with van der Waals surface area (Å²) >= 11 is 0. The Kier molecular flexibility index (Phi) is 5.03. The average molecular weight is 337 g/mol. The first-order chi connectivity index (χ1) is 12.0. The summed E-state index contributed by atoms with van der Waals surface area (Å²) in [5.74, 6) is -0.177. The van der Waals surface area contributed by atoms with Gasteiger partial charge in [-0.05, 0) is 50.5 Å². The minimum absolute atomic E-state index is 0.120. The van der Waals surface area contributed by atoms with Crippen molar-refractivity contribution in [3.05, 3.63) is 59.2 Å². The number of aryl methyl sites for hydroxylation is 2. The van der Waals surface area contributed by atoms with Gasteiger partial charge in [0.15, 0.2) is 0 Å². The highest BCUT2D eigenvalue weighted by atomic mass is 16.2. The predicted octanol–water partition coefficient (Wildman–Crippen LogP) is 4.18. The molecule has 1 aliphatic heterocycles. The van der Waals surface area contributed by atoms with Crippen molar-refractivity contribution in [2.75, 3.05) is 23.7 Å². The molecule has 0 bridgehead atoms. The first-order valence-corrected chi connectivity index (χ1v) is 8.58. The molecule has 5 heteroatoms. The van der Waals surface area contributed by atoms with Crippen LogP contribution in [-0.2, 0) is 0 Å². The molecule has 0 radical (unpaired) electrons. The molecule has 0 atom stereocenters. The van der Waals surface area contributed by atoms with Crippen molar-refractivity contribution in [1.29, 1.82) is 0 Å². The maximum absolute atomic E-state index is 12.6. The fraction of sp³-hybridized carbons (Fsp3) is 0.300. The maximum Gasteiger partial charge on any atom is 0.321 e. The lowest BCUT2D eigenvalue weighted by Crippen LogP contribution is -2.32. The van der Waals surface area contributed by atoms with Gasteiger partial charge in [-0.1, -0.05) is 29.8 Å². The van der Waals surface area contributed by atoms with Crippen LogP contribution in [0.5, 0.6) is 0 Å². The van der Waals surface area contributed by atoms with Crippen molar-refractivity contribution in [2.24, 2.45) is 0 Å². The van der Waals surface area contributed by atoms with E-state index < -0.39 is 0 Å². The number of anilines is 2. The molecule has 3 amide bonds. The molecule has 0 aliphatic carbocycles. The summed E-state index contributed by atoms with van der Waals surface area (Å²) in [6, 6.07) is 12.9. The molecule has 0 spiro atoms. The SMILES string of the molecule is Cc1ccc(C)c(C(=O)Nc2ccccc2NC(=O)N2CCCC2)c1. The van der Waals surface area contributed by atoms with E-state index in [0.717, 1.165) is 37.1 Å². The van der Waals surface area contributed by atoms with Gasteiger partial charge < -0.3 is 15.5 Å². The fourth-order valence-electron chi connectivity index (χ4n) is 2.99. The number of likely N-dealkylation sites (tertiary alicyclic amines) is 1. The van der Waals surface area contributed by atoms with Gasteiger partial charge in [0.05, 0.1) is 11.4 Å². The molecule has 25 heavy (non-hydrogen) atoms. The van der Waals surface area contributed by atoms with E-state index in [1.165, 1.54) is 0 Å². The van der Waals surface area contributed by atoms with E-state index in [1.807, 2.05) is 44.2 Å². The van der Waals surface area contributed by atoms with Crippen LogP contribution < -0.4 is 10.6 Å². The van der Waals surface area contributed by atoms with Crippen molar-refractivity contribution in [1.82, 2.24) is 4.90 Å². The summed E-state index contributed by atoms with van der Waals surface area (Å²) < 4.78 is 0. The number of amides is 3. The molecule has 1 saturated heterocycles. The van der Waals surface area contributed by atoms with E-state index in [9.17, 15) is 9.59 Å². The van der Waals surface area contributed by atoms with Gasteiger partial charge in [0.25, 0.3) is 5.91 Å². The highest BCUT2D eigenvalue weighted by molar-refractivity contribution is 6.08. The summed E-state index contributed by atoms with van der Waals surface area (Å²) in [6.07, 6.45) is 2.08. The van der Waals surface area contributed by atoms with Gasteiger partial charge in [-0.15, -0.1) is 0 Å². The maximum atomic E-state index is 12.6. The third-order valence-corrected chi connectivity index (χ3v) is 4.45. The Morgan fingerprint density at radius 3 is 2.24 bits per heavy atom. The highest BCUT2D eigenvalue weighted by Gasteiger charge is 2.19. The number of benzene rings is 2. The molecule has 1 heterocycles. The van der Waals surface area contributed by atoms with Crippen LogP contribution in [0, 0.1) is 13.8 Å². The van der Waals surface area contributed by atoms with Crippen LogP contribution in [0.3, 0.4) is 0 Å². The van der Waals surface area contributed by atoms with Gasteiger partial charge in [0, 0.05) is 18.7 Å². The quantitative estimate of drug-likeness (QED) is 0.882. The summed E-state index contributed by atoms with van der Waals surface area (Å²) in [6.45, 7) is 5.43. The van der Waals surface area contributed by atoms with Crippen molar-refractivity contribution >= 4 is 23.3 Å². The van der Waals surface area contributed by atoms with Crippen LogP contribution in [0.4, 0.5) is 16.2 Å². The van der Waals surface area contributed by atoms with Gasteiger partial charge in [-0.25, -0.2) is 4.79 Å². The van der Waals surface area contributed by atoms with Crippen LogP contribution in [0.15, 0.2) is 42.5 Å². The van der Waals surface area contributed by atoms with E-state index in [-0.39, 0.29) is 11.9 Å². The fourth-order valence-corrected chi connectivity index (χ4v) is 2.99. The molecule has 5 nitrogen and oxygen atoms in total. The van der Waals surface area contributed by atoms with Gasteiger partial charge in [-0.2, -0.15) is 0 Å². The molecule has 1 fully saturated rings. The van der Waals surface area contributed by atoms with Crippen molar-refractivity contribution in [3.8, 4) is 0 Å². The zero-order chi connectivity index (χ0) is 17.8. The zero-order valence-corrected chi connectivity index (χ0v) is 14.6. The van der Waals surface area contributed by atoms with Gasteiger partial charge in [0.2, 0.25) is 0 Å². The number of nitrogens with one attached hydrogen (secondary N) is 2. The third kappa shape index (κ3) is 3.99. The topological polar surface area (TPSA) is 61.4 Å². The number of urea groups is 1. The second kappa shape index (κ2) is 7.38. The lowest BCUT2D eigenvalue weighted by Gasteiger charge is -2.18. The second-order valence-corrected chi connectivity index (χ2v) is 6.44. The number of hydrogen-bond acceptors (Lipinski definition) is 2. The number of carbonyl (C=O) groups is 2. The summed E-state index contributed by atoms with van der Waals surface area (Å²) in [5, 5.41) is 5.83. The number of nitrogens with zero attached hydrogens (tertiary/aromatic N) is 1. The standard InChI is InChI=1S/C20H23N3O2/c1-14-9-10-15(2)16(13-14)19(24)21-17-7-3-4-8-18(17)22-20(25)23-11-5-6-12-23/h3-4,7-10,13H,5-6,11-12H2,1-2H3,(H,21,24)(H,22,25). The van der Waals surface area contributed by atoms with Crippen LogP contribution in [-0.4, -0.2) is 29.9 Å². The Hall–Kier alpha value is -2.82. The van der Waals surface area contributed by atoms with Gasteiger partial charge in [0.1, 0.15) is 0 Å². The van der Waals surface area contributed by atoms with Crippen molar-refractivity contribution in [2.45, 2.75) is 26.7 Å². The van der Waals surface area contributed by atoms with Crippen LogP contribution in [0.2, 0.25) is 0 Å². The number of para-hydroxylation sites is 2. The largest absolute Gasteiger partial charge is 0.325 e. The lowest BCUT2D eigenvalue weighted by atomic mass is 10.0. The van der Waals surface area contributed by atoms with E-state index in [2.05, 4.69) is 10.6 Å². The molecular weight excluding hydrogens is 314 g/mol. The van der Waals surface area contributed by atoms with E-state index in [1.54, 1.807) is 17.0 Å². The first-order valence-electron chi connectivity index (χ1n) is 8.58. The zero-order valence-electron chi connectivity index (χ0n) is 14.6. The monoisotopic (exact) mass is 337 g/mol. The summed E-state index contributed by atoms with van der Waals surface area (Å²) in [7, 11) is 0. The molecule has 2 aromatic rings. The number of hydrogen-bond donors (Lipinski definition) is 2. The summed E-state index contributed by atoms with van der Waals surface area (Å²) in [4.78, 5) is 26.8. The van der Waals surface area contributed by atoms with Crippen molar-refractivity contribution in [3.63, 3.8) is 0 Å². The minimum atomic E-state index is -0.177. The van der Waals surface area contributed by atoms with E-state index in [0.29, 0.717) is 16.9 Å². The average Bonchev–Trinajstić information content (AvgIpc) is 3.13. The van der Waals surface area contributed by atoms with E-state index >= 15 is 0 Å². The molecule has 1 aliphatic rings. The summed E-state index contributed by atoms with van der Waals surface area (Å²) in [5.41, 5.74) is 3.80. The van der Waals surface area contributed by atoms with Crippen molar-refractivity contribution < 1.29 is 9.59 Å². The Balaban J connectivity index is 1.77. The van der Waals surface area contributed by atoms with Crippen LogP contribution in [0.1, 0.15) is 34.3 Å². The molecule has 0 saturated carbocycles. The molecule has 130 valence electrons. The second-order valence-electron chi connectivity index (χ2n) is 6.44. The predicted molar refractivity (Wildman–Crippen MR) is 100 cm³/mol. The third-order valence-electron chi connectivity index (χ3n) is 4.45. The highest BCUT2D eigenvalue weighted by Crippen LogP contribution is 2.23. The smallest absolute Gasteiger partial charge is 0.321 e. The molecule has 0 aromatic heterocycles. The Morgan fingerprint density at radius 1 is 0.920 bits per heavy atom. The van der Waals surface area contributed by atoms with Crippen LogP contribution >= 0.6 is 0 Å². The molecule has 0 unspecified atom stereocenters. The molecule has 2 aromatic carbocycles. The van der Waals surface area contributed by atoms with Crippen LogP contribution in [0.25, 0.3) is 0 Å². The molecule has 2 N–H and O–H groups in total. The van der Waals surface area contributed by atoms with E-state index in [4.69, 9.17) is 0 Å². The number of rotatable bonds is 3. The van der Waals surface area contributed by atoms with Gasteiger partial charge >= 0.3 is 6.03 Å². The van der Waals surface area contributed by atoms with Gasteiger partial charge in [-0.3, -0.25) is 4.79 Å². The molecular formula is C20H23N3O2. The first kappa shape index (κ1) is 17.0. The Bertz CT molecular complexity index is 795. The Morgan fingerprint density at radius 2 is 1.56 bits per heavy atom. The number of carbonyl (C=O) groups excluding carboxylic acids is 2. The Labute approximate surface area is 148 Å². The normalized spacial score (nSPS) is 13.6. The molecule has 3 rings (SSSR count). The lowest BCUT2D eigenvalue weighted by molar-refractivity contribution is 0.102.